The van der Waals surface area contributed by atoms with E-state index in [-0.39, 0.29) is 0 Å². The summed E-state index contributed by atoms with van der Waals surface area (Å²) in [6, 6.07) is 12.6. The fraction of sp³-hybridized carbons (Fsp3) is 0.286. The van der Waals surface area contributed by atoms with Gasteiger partial charge in [0.05, 0.1) is 6.61 Å². The van der Waals surface area contributed by atoms with Crippen LogP contribution in [0, 0.1) is 6.92 Å². The molecular weight excluding hydrogens is 198 g/mol. The topological polar surface area (TPSA) is 14.2 Å². The number of nitrogens with zero attached hydrogens (tertiary/aromatic N) is 1. The number of rotatable bonds is 4. The average molecular weight is 215 g/mol. The van der Waals surface area contributed by atoms with E-state index in [2.05, 4.69) is 48.0 Å². The van der Waals surface area contributed by atoms with Crippen LogP contribution in [0.5, 0.6) is 0 Å². The van der Waals surface area contributed by atoms with Gasteiger partial charge in [-0.15, -0.1) is 0 Å². The Labute approximate surface area is 96.5 Å². The van der Waals surface area contributed by atoms with E-state index in [0.29, 0.717) is 0 Å². The first kappa shape index (κ1) is 11.0. The largest absolute Gasteiger partial charge is 0.384 e. The zero-order chi connectivity index (χ0) is 11.4. The number of aryl methyl sites for hydroxylation is 1. The second-order valence-corrected chi connectivity index (χ2v) is 3.94. The number of benzene rings is 1. The Hall–Kier alpha value is -1.54. The molecule has 2 heteroatoms. The highest BCUT2D eigenvalue weighted by Gasteiger charge is 2.03. The average Bonchev–Trinajstić information content (AvgIpc) is 2.69. The van der Waals surface area contributed by atoms with E-state index in [1.807, 2.05) is 6.07 Å². The van der Waals surface area contributed by atoms with E-state index in [1.165, 1.54) is 16.9 Å². The van der Waals surface area contributed by atoms with Crippen LogP contribution in [0.3, 0.4) is 0 Å². The molecule has 0 unspecified atom stereocenters. The summed E-state index contributed by atoms with van der Waals surface area (Å²) in [6.45, 7) is 2.90. The number of para-hydroxylation sites is 1. The van der Waals surface area contributed by atoms with Gasteiger partial charge in [-0.1, -0.05) is 18.2 Å². The van der Waals surface area contributed by atoms with Gasteiger partial charge in [-0.25, -0.2) is 0 Å². The maximum Gasteiger partial charge on any atom is 0.0503 e. The molecule has 0 saturated carbocycles. The highest BCUT2D eigenvalue weighted by Crippen LogP contribution is 2.15. The summed E-state index contributed by atoms with van der Waals surface area (Å²) in [5.74, 6) is 0. The van der Waals surface area contributed by atoms with Crippen molar-refractivity contribution in [3.63, 3.8) is 0 Å². The molecule has 0 amide bonds. The van der Waals surface area contributed by atoms with Crippen LogP contribution in [0.25, 0.3) is 5.69 Å². The Morgan fingerprint density at radius 3 is 2.62 bits per heavy atom. The van der Waals surface area contributed by atoms with Crippen molar-refractivity contribution < 1.29 is 4.74 Å². The van der Waals surface area contributed by atoms with Crippen LogP contribution in [0.1, 0.15) is 11.3 Å². The van der Waals surface area contributed by atoms with E-state index in [0.717, 1.165) is 13.0 Å². The van der Waals surface area contributed by atoms with E-state index >= 15 is 0 Å². The Bertz CT molecular complexity index is 445. The molecule has 1 aromatic carbocycles. The van der Waals surface area contributed by atoms with E-state index in [4.69, 9.17) is 4.74 Å². The van der Waals surface area contributed by atoms with E-state index < -0.39 is 0 Å². The Morgan fingerprint density at radius 2 is 1.94 bits per heavy atom. The molecule has 16 heavy (non-hydrogen) atoms. The Morgan fingerprint density at radius 1 is 1.19 bits per heavy atom. The standard InChI is InChI=1S/C14H17NO/c1-12-10-13(8-9-16-2)11-15(12)14-6-4-3-5-7-14/h3-7,10-11H,8-9H2,1-2H3. The molecule has 0 aliphatic rings. The molecule has 2 aromatic rings. The smallest absolute Gasteiger partial charge is 0.0503 e. The lowest BCUT2D eigenvalue weighted by Gasteiger charge is -2.04. The molecular formula is C14H17NO. The minimum absolute atomic E-state index is 0.776. The summed E-state index contributed by atoms with van der Waals surface area (Å²) < 4.78 is 7.30. The molecule has 0 N–H and O–H groups in total. The van der Waals surface area contributed by atoms with Gasteiger partial charge in [0, 0.05) is 24.7 Å². The highest BCUT2D eigenvalue weighted by atomic mass is 16.5. The van der Waals surface area contributed by atoms with Gasteiger partial charge in [0.1, 0.15) is 0 Å². The van der Waals surface area contributed by atoms with Gasteiger partial charge < -0.3 is 9.30 Å². The second kappa shape index (κ2) is 4.99. The maximum atomic E-state index is 5.09. The lowest BCUT2D eigenvalue weighted by atomic mass is 10.2. The minimum atomic E-state index is 0.776. The SMILES string of the molecule is COCCc1cc(C)n(-c2ccccc2)c1. The van der Waals surface area contributed by atoms with Crippen molar-refractivity contribution in [2.75, 3.05) is 13.7 Å². The molecule has 0 saturated heterocycles. The summed E-state index contributed by atoms with van der Waals surface area (Å²) in [4.78, 5) is 0. The molecule has 0 bridgehead atoms. The summed E-state index contributed by atoms with van der Waals surface area (Å²) in [7, 11) is 1.74. The molecule has 1 aromatic heterocycles. The molecule has 0 atom stereocenters. The van der Waals surface area contributed by atoms with Crippen LogP contribution >= 0.6 is 0 Å². The van der Waals surface area contributed by atoms with Gasteiger partial charge in [-0.3, -0.25) is 0 Å². The van der Waals surface area contributed by atoms with Crippen LogP contribution in [-0.4, -0.2) is 18.3 Å². The first-order valence-corrected chi connectivity index (χ1v) is 5.53. The quantitative estimate of drug-likeness (QED) is 0.764. The van der Waals surface area contributed by atoms with Crippen LogP contribution < -0.4 is 0 Å². The molecule has 0 fully saturated rings. The van der Waals surface area contributed by atoms with Gasteiger partial charge in [0.25, 0.3) is 0 Å². The van der Waals surface area contributed by atoms with Crippen molar-refractivity contribution in [2.45, 2.75) is 13.3 Å². The predicted molar refractivity (Wildman–Crippen MR) is 66.1 cm³/mol. The van der Waals surface area contributed by atoms with Crippen molar-refractivity contribution in [1.82, 2.24) is 4.57 Å². The molecule has 0 aliphatic carbocycles. The molecule has 84 valence electrons. The molecule has 2 nitrogen and oxygen atoms in total. The van der Waals surface area contributed by atoms with Crippen molar-refractivity contribution in [1.29, 1.82) is 0 Å². The van der Waals surface area contributed by atoms with E-state index in [1.54, 1.807) is 7.11 Å². The fourth-order valence-corrected chi connectivity index (χ4v) is 1.87. The molecule has 0 radical (unpaired) electrons. The molecule has 0 spiro atoms. The van der Waals surface area contributed by atoms with Gasteiger partial charge >= 0.3 is 0 Å². The number of ether oxygens (including phenoxy) is 1. The van der Waals surface area contributed by atoms with Crippen LogP contribution in [0.15, 0.2) is 42.6 Å². The first-order chi connectivity index (χ1) is 7.81. The lowest BCUT2D eigenvalue weighted by molar-refractivity contribution is 0.202. The molecule has 0 aliphatic heterocycles. The van der Waals surface area contributed by atoms with Gasteiger partial charge in [0.15, 0.2) is 0 Å². The summed E-state index contributed by atoms with van der Waals surface area (Å²) in [5, 5.41) is 0. The normalized spacial score (nSPS) is 10.6. The maximum absolute atomic E-state index is 5.09. The van der Waals surface area contributed by atoms with Crippen molar-refractivity contribution in [3.05, 3.63) is 53.9 Å². The van der Waals surface area contributed by atoms with Crippen molar-refractivity contribution >= 4 is 0 Å². The van der Waals surface area contributed by atoms with E-state index in [9.17, 15) is 0 Å². The second-order valence-electron chi connectivity index (χ2n) is 3.94. The van der Waals surface area contributed by atoms with Gasteiger partial charge in [-0.2, -0.15) is 0 Å². The predicted octanol–water partition coefficient (Wildman–Crippen LogP) is 2.97. The highest BCUT2D eigenvalue weighted by molar-refractivity contribution is 5.36. The third-order valence-electron chi connectivity index (χ3n) is 2.70. The fourth-order valence-electron chi connectivity index (χ4n) is 1.87. The zero-order valence-electron chi connectivity index (χ0n) is 9.81. The van der Waals surface area contributed by atoms with Gasteiger partial charge in [0.2, 0.25) is 0 Å². The lowest BCUT2D eigenvalue weighted by Crippen LogP contribution is -1.94. The number of methoxy groups -OCH3 is 1. The van der Waals surface area contributed by atoms with Crippen LogP contribution in [0.4, 0.5) is 0 Å². The third kappa shape index (κ3) is 2.34. The van der Waals surface area contributed by atoms with Gasteiger partial charge in [-0.05, 0) is 37.1 Å². The third-order valence-corrected chi connectivity index (χ3v) is 2.70. The number of hydrogen-bond donors (Lipinski definition) is 0. The summed E-state index contributed by atoms with van der Waals surface area (Å²) in [5.41, 5.74) is 3.80. The molecule has 2 rings (SSSR count). The number of aromatic nitrogens is 1. The van der Waals surface area contributed by atoms with Crippen LogP contribution in [0.2, 0.25) is 0 Å². The van der Waals surface area contributed by atoms with Crippen molar-refractivity contribution in [2.24, 2.45) is 0 Å². The summed E-state index contributed by atoms with van der Waals surface area (Å²) in [6.07, 6.45) is 3.15. The van der Waals surface area contributed by atoms with Crippen LogP contribution in [-0.2, 0) is 11.2 Å². The van der Waals surface area contributed by atoms with Crippen molar-refractivity contribution in [3.8, 4) is 5.69 Å². The minimum Gasteiger partial charge on any atom is -0.384 e. The molecule has 1 heterocycles. The number of hydrogen-bond acceptors (Lipinski definition) is 1. The monoisotopic (exact) mass is 215 g/mol. The Kier molecular flexibility index (Phi) is 3.42. The zero-order valence-corrected chi connectivity index (χ0v) is 9.81. The first-order valence-electron chi connectivity index (χ1n) is 5.53. The summed E-state index contributed by atoms with van der Waals surface area (Å²) >= 11 is 0. The Balaban J connectivity index is 2.25.